The van der Waals surface area contributed by atoms with E-state index in [1.54, 1.807) is 31.3 Å². The van der Waals surface area contributed by atoms with E-state index in [0.717, 1.165) is 61.2 Å². The Bertz CT molecular complexity index is 1300. The third-order valence-electron chi connectivity index (χ3n) is 7.03. The zero-order chi connectivity index (χ0) is 27.4. The third kappa shape index (κ3) is 6.46. The van der Waals surface area contributed by atoms with Crippen molar-refractivity contribution in [2.45, 2.75) is 26.6 Å². The van der Waals surface area contributed by atoms with E-state index >= 15 is 0 Å². The lowest BCUT2D eigenvalue weighted by molar-refractivity contribution is -0.137. The molecular formula is C29H34F3N5O. The van der Waals surface area contributed by atoms with Crippen LogP contribution in [-0.2, 0) is 12.7 Å². The van der Waals surface area contributed by atoms with Gasteiger partial charge in [-0.05, 0) is 78.2 Å². The Morgan fingerprint density at radius 2 is 1.68 bits per heavy atom. The molecule has 4 N–H and O–H groups in total. The maximum Gasteiger partial charge on any atom is 0.416 e. The summed E-state index contributed by atoms with van der Waals surface area (Å²) in [5, 5.41) is 5.75. The number of aryl methyl sites for hydroxylation is 1. The Labute approximate surface area is 221 Å². The van der Waals surface area contributed by atoms with Crippen LogP contribution in [-0.4, -0.2) is 55.5 Å². The largest absolute Gasteiger partial charge is 0.416 e. The van der Waals surface area contributed by atoms with Gasteiger partial charge in [0.15, 0.2) is 0 Å². The van der Waals surface area contributed by atoms with Gasteiger partial charge in [-0.25, -0.2) is 0 Å². The topological polar surface area (TPSA) is 73.6 Å². The molecule has 38 heavy (non-hydrogen) atoms. The summed E-state index contributed by atoms with van der Waals surface area (Å²) < 4.78 is 41.1. The summed E-state index contributed by atoms with van der Waals surface area (Å²) in [7, 11) is 1.78. The molecule has 0 aliphatic carbocycles. The number of likely N-dealkylation sites (N-methyl/N-ethyl adjacent to an activating group) is 1. The maximum absolute atomic E-state index is 13.7. The van der Waals surface area contributed by atoms with Gasteiger partial charge in [0.25, 0.3) is 5.91 Å². The normalized spacial score (nSPS) is 14.9. The van der Waals surface area contributed by atoms with Crippen LogP contribution in [0.3, 0.4) is 0 Å². The number of piperazine rings is 1. The van der Waals surface area contributed by atoms with Gasteiger partial charge in [0.1, 0.15) is 0 Å². The molecule has 1 amide bonds. The van der Waals surface area contributed by atoms with Crippen molar-refractivity contribution >= 4 is 23.0 Å². The van der Waals surface area contributed by atoms with Crippen LogP contribution in [0.2, 0.25) is 0 Å². The minimum atomic E-state index is -4.52. The number of nitrogens with one attached hydrogen (secondary N) is 2. The number of carbonyl (C=O) groups excluding carboxylic acids is 1. The van der Waals surface area contributed by atoms with Crippen LogP contribution in [0.25, 0.3) is 11.1 Å². The number of benzene rings is 3. The molecule has 3 aromatic carbocycles. The number of nitrogens with zero attached hydrogens (tertiary/aromatic N) is 2. The van der Waals surface area contributed by atoms with E-state index in [1.165, 1.54) is 6.07 Å². The molecule has 1 aliphatic heterocycles. The van der Waals surface area contributed by atoms with Gasteiger partial charge in [0.05, 0.1) is 16.9 Å². The molecule has 0 atom stereocenters. The summed E-state index contributed by atoms with van der Waals surface area (Å²) in [6.45, 7) is 8.75. The number of anilines is 3. The first-order chi connectivity index (χ1) is 18.1. The van der Waals surface area contributed by atoms with Crippen LogP contribution in [0.5, 0.6) is 0 Å². The highest BCUT2D eigenvalue weighted by molar-refractivity contribution is 6.05. The average Bonchev–Trinajstić information content (AvgIpc) is 2.89. The molecule has 0 aromatic heterocycles. The first kappa shape index (κ1) is 27.5. The number of rotatable bonds is 7. The SMILES string of the molecule is CCN1CCN(Cc2cc(NC(=O)c3ccc(C)c(-c4ccc(N)c(NC)c4)c3)cc(C(F)(F)F)c2)CC1. The standard InChI is InChI=1S/C29H34F3N5O/c1-4-36-9-11-37(12-10-36)18-20-13-23(29(30,31)32)17-24(14-20)35-28(38)22-6-5-19(2)25(15-22)21-7-8-26(33)27(16-21)34-3/h5-8,13-17,34H,4,9-12,18,33H2,1-3H3,(H,35,38). The van der Waals surface area contributed by atoms with Gasteiger partial charge in [-0.2, -0.15) is 13.2 Å². The van der Waals surface area contributed by atoms with E-state index in [1.807, 2.05) is 25.1 Å². The predicted molar refractivity (Wildman–Crippen MR) is 147 cm³/mol. The average molecular weight is 526 g/mol. The van der Waals surface area contributed by atoms with E-state index in [-0.39, 0.29) is 5.69 Å². The van der Waals surface area contributed by atoms with Crippen LogP contribution in [0.4, 0.5) is 30.2 Å². The third-order valence-corrected chi connectivity index (χ3v) is 7.03. The summed E-state index contributed by atoms with van der Waals surface area (Å²) in [6.07, 6.45) is -4.52. The van der Waals surface area contributed by atoms with E-state index in [4.69, 9.17) is 5.73 Å². The minimum absolute atomic E-state index is 0.124. The summed E-state index contributed by atoms with van der Waals surface area (Å²) in [5.41, 5.74) is 10.3. The quantitative estimate of drug-likeness (QED) is 0.346. The Hall–Kier alpha value is -3.56. The maximum atomic E-state index is 13.7. The fraction of sp³-hybridized carbons (Fsp3) is 0.345. The monoisotopic (exact) mass is 525 g/mol. The Balaban J connectivity index is 1.58. The van der Waals surface area contributed by atoms with Crippen molar-refractivity contribution in [3.63, 3.8) is 0 Å². The number of nitrogens with two attached hydrogens (primary N) is 1. The minimum Gasteiger partial charge on any atom is -0.397 e. The number of amides is 1. The van der Waals surface area contributed by atoms with E-state index < -0.39 is 17.6 Å². The van der Waals surface area contributed by atoms with Gasteiger partial charge in [-0.3, -0.25) is 9.69 Å². The van der Waals surface area contributed by atoms with Crippen LogP contribution in [0, 0.1) is 6.92 Å². The molecule has 1 aliphatic rings. The van der Waals surface area contributed by atoms with Gasteiger partial charge in [0, 0.05) is 51.0 Å². The molecule has 0 unspecified atom stereocenters. The van der Waals surface area contributed by atoms with Crippen molar-refractivity contribution in [3.05, 3.63) is 76.9 Å². The molecule has 1 fully saturated rings. The summed E-state index contributed by atoms with van der Waals surface area (Å²) in [6, 6.07) is 14.6. The van der Waals surface area contributed by atoms with E-state index in [2.05, 4.69) is 27.4 Å². The first-order valence-corrected chi connectivity index (χ1v) is 12.7. The predicted octanol–water partition coefficient (Wildman–Crippen LogP) is 5.69. The Kier molecular flexibility index (Phi) is 8.28. The van der Waals surface area contributed by atoms with Gasteiger partial charge in [-0.1, -0.05) is 19.1 Å². The van der Waals surface area contributed by atoms with Gasteiger partial charge < -0.3 is 21.3 Å². The number of nitrogen functional groups attached to an aromatic ring is 1. The number of alkyl halides is 3. The number of hydrogen-bond donors (Lipinski definition) is 3. The molecule has 1 saturated heterocycles. The highest BCUT2D eigenvalue weighted by Gasteiger charge is 2.31. The summed E-state index contributed by atoms with van der Waals surface area (Å²) in [5.74, 6) is -0.475. The Morgan fingerprint density at radius 3 is 2.34 bits per heavy atom. The van der Waals surface area contributed by atoms with Crippen LogP contribution in [0.1, 0.15) is 34.0 Å². The Morgan fingerprint density at radius 1 is 0.974 bits per heavy atom. The van der Waals surface area contributed by atoms with Crippen LogP contribution < -0.4 is 16.4 Å². The van der Waals surface area contributed by atoms with Gasteiger partial charge in [0.2, 0.25) is 0 Å². The van der Waals surface area contributed by atoms with Crippen molar-refractivity contribution in [2.24, 2.45) is 0 Å². The molecule has 1 heterocycles. The lowest BCUT2D eigenvalue weighted by Crippen LogP contribution is -2.45. The van der Waals surface area contributed by atoms with Gasteiger partial charge in [-0.15, -0.1) is 0 Å². The molecule has 3 aromatic rings. The zero-order valence-corrected chi connectivity index (χ0v) is 22.0. The highest BCUT2D eigenvalue weighted by Crippen LogP contribution is 2.33. The lowest BCUT2D eigenvalue weighted by atomic mass is 9.97. The van der Waals surface area contributed by atoms with Crippen molar-refractivity contribution in [1.82, 2.24) is 9.80 Å². The smallest absolute Gasteiger partial charge is 0.397 e. The number of hydrogen-bond acceptors (Lipinski definition) is 5. The second-order valence-corrected chi connectivity index (χ2v) is 9.66. The summed E-state index contributed by atoms with van der Waals surface area (Å²) >= 11 is 0. The molecule has 0 saturated carbocycles. The molecule has 202 valence electrons. The van der Waals surface area contributed by atoms with Crippen LogP contribution in [0.15, 0.2) is 54.6 Å². The number of halogens is 3. The van der Waals surface area contributed by atoms with Crippen LogP contribution >= 0.6 is 0 Å². The zero-order valence-electron chi connectivity index (χ0n) is 22.0. The second kappa shape index (κ2) is 11.4. The molecule has 0 radical (unpaired) electrons. The van der Waals surface area contributed by atoms with Crippen molar-refractivity contribution < 1.29 is 18.0 Å². The van der Waals surface area contributed by atoms with Crippen molar-refractivity contribution in [2.75, 3.05) is 56.1 Å². The molecular weight excluding hydrogens is 491 g/mol. The van der Waals surface area contributed by atoms with E-state index in [0.29, 0.717) is 23.4 Å². The molecule has 6 nitrogen and oxygen atoms in total. The fourth-order valence-corrected chi connectivity index (χ4v) is 4.76. The summed E-state index contributed by atoms with van der Waals surface area (Å²) in [4.78, 5) is 17.6. The molecule has 4 rings (SSSR count). The van der Waals surface area contributed by atoms with Gasteiger partial charge >= 0.3 is 6.18 Å². The molecule has 0 bridgehead atoms. The second-order valence-electron chi connectivity index (χ2n) is 9.66. The molecule has 0 spiro atoms. The number of carbonyl (C=O) groups is 1. The fourth-order valence-electron chi connectivity index (χ4n) is 4.76. The van der Waals surface area contributed by atoms with E-state index in [9.17, 15) is 18.0 Å². The lowest BCUT2D eigenvalue weighted by Gasteiger charge is -2.34. The first-order valence-electron chi connectivity index (χ1n) is 12.7. The van der Waals surface area contributed by atoms with Crippen molar-refractivity contribution in [1.29, 1.82) is 0 Å². The molecule has 9 heteroatoms. The highest BCUT2D eigenvalue weighted by atomic mass is 19.4. The van der Waals surface area contributed by atoms with Crippen molar-refractivity contribution in [3.8, 4) is 11.1 Å².